The van der Waals surface area contributed by atoms with Crippen LogP contribution in [0.4, 0.5) is 0 Å². The molecule has 1 aromatic rings. The second kappa shape index (κ2) is 7.41. The smallest absolute Gasteiger partial charge is 0.230 e. The molecule has 0 aliphatic heterocycles. The van der Waals surface area contributed by atoms with E-state index in [0.29, 0.717) is 24.4 Å². The van der Waals surface area contributed by atoms with Crippen molar-refractivity contribution >= 4 is 21.8 Å². The van der Waals surface area contributed by atoms with E-state index >= 15 is 0 Å². The first-order valence-electron chi connectivity index (χ1n) is 6.10. The number of hydrogen-bond donors (Lipinski definition) is 1. The Labute approximate surface area is 117 Å². The third-order valence-corrected chi connectivity index (χ3v) is 3.10. The van der Waals surface area contributed by atoms with Crippen molar-refractivity contribution in [2.75, 3.05) is 18.5 Å². The molecule has 1 amide bonds. The molecule has 0 saturated carbocycles. The van der Waals surface area contributed by atoms with Crippen LogP contribution in [0, 0.1) is 6.92 Å². The number of hydrogen-bond acceptors (Lipinski definition) is 2. The molecule has 4 heteroatoms. The molecule has 0 unspecified atom stereocenters. The summed E-state index contributed by atoms with van der Waals surface area (Å²) < 4.78 is 5.74. The standard InChI is InChI=1S/C14H20BrNO2/c1-10(2)12-5-4-11(3)8-13(12)18-7-6-16-14(17)9-15/h4-5,8,10H,6-7,9H2,1-3H3,(H,16,17). The summed E-state index contributed by atoms with van der Waals surface area (Å²) >= 11 is 3.10. The lowest BCUT2D eigenvalue weighted by atomic mass is 10.0. The lowest BCUT2D eigenvalue weighted by Gasteiger charge is -2.15. The van der Waals surface area contributed by atoms with Gasteiger partial charge in [-0.2, -0.15) is 0 Å². The van der Waals surface area contributed by atoms with Gasteiger partial charge in [0.25, 0.3) is 0 Å². The fourth-order valence-corrected chi connectivity index (χ4v) is 1.84. The fourth-order valence-electron chi connectivity index (χ4n) is 1.64. The van der Waals surface area contributed by atoms with E-state index in [1.54, 1.807) is 0 Å². The Bertz CT molecular complexity index is 405. The van der Waals surface area contributed by atoms with Gasteiger partial charge in [0, 0.05) is 0 Å². The van der Waals surface area contributed by atoms with E-state index in [4.69, 9.17) is 4.74 Å². The highest BCUT2D eigenvalue weighted by atomic mass is 79.9. The number of halogens is 1. The maximum absolute atomic E-state index is 11.0. The average molecular weight is 314 g/mol. The predicted molar refractivity (Wildman–Crippen MR) is 77.6 cm³/mol. The Hall–Kier alpha value is -1.03. The molecule has 0 saturated heterocycles. The maximum atomic E-state index is 11.0. The molecule has 1 rings (SSSR count). The summed E-state index contributed by atoms with van der Waals surface area (Å²) in [7, 11) is 0. The number of rotatable bonds is 6. The van der Waals surface area contributed by atoms with E-state index in [0.717, 1.165) is 5.75 Å². The molecule has 0 aliphatic rings. The minimum atomic E-state index is -0.0214. The van der Waals surface area contributed by atoms with Crippen molar-refractivity contribution in [3.8, 4) is 5.75 Å². The monoisotopic (exact) mass is 313 g/mol. The first kappa shape index (κ1) is 15.0. The van der Waals surface area contributed by atoms with Crippen molar-refractivity contribution in [3.63, 3.8) is 0 Å². The topological polar surface area (TPSA) is 38.3 Å². The molecule has 1 aromatic carbocycles. The summed E-state index contributed by atoms with van der Waals surface area (Å²) in [5.74, 6) is 1.32. The van der Waals surface area contributed by atoms with Crippen molar-refractivity contribution in [2.24, 2.45) is 0 Å². The van der Waals surface area contributed by atoms with Crippen molar-refractivity contribution in [1.29, 1.82) is 0 Å². The minimum Gasteiger partial charge on any atom is -0.491 e. The lowest BCUT2D eigenvalue weighted by molar-refractivity contribution is -0.118. The molecule has 100 valence electrons. The van der Waals surface area contributed by atoms with Gasteiger partial charge < -0.3 is 10.1 Å². The van der Waals surface area contributed by atoms with Crippen LogP contribution in [0.3, 0.4) is 0 Å². The summed E-state index contributed by atoms with van der Waals surface area (Å²) in [5, 5.41) is 3.08. The van der Waals surface area contributed by atoms with Crippen LogP contribution in [0.1, 0.15) is 30.9 Å². The molecular formula is C14H20BrNO2. The largest absolute Gasteiger partial charge is 0.491 e. The van der Waals surface area contributed by atoms with Gasteiger partial charge in [-0.1, -0.05) is 41.9 Å². The van der Waals surface area contributed by atoms with E-state index in [-0.39, 0.29) is 5.91 Å². The lowest BCUT2D eigenvalue weighted by Crippen LogP contribution is -2.28. The second-order valence-electron chi connectivity index (χ2n) is 4.53. The molecule has 3 nitrogen and oxygen atoms in total. The molecule has 0 spiro atoms. The van der Waals surface area contributed by atoms with Crippen LogP contribution in [-0.2, 0) is 4.79 Å². The van der Waals surface area contributed by atoms with E-state index in [1.165, 1.54) is 11.1 Å². The Morgan fingerprint density at radius 2 is 2.17 bits per heavy atom. The molecule has 0 bridgehead atoms. The van der Waals surface area contributed by atoms with Gasteiger partial charge in [-0.15, -0.1) is 0 Å². The van der Waals surface area contributed by atoms with Gasteiger partial charge in [0.15, 0.2) is 0 Å². The Balaban J connectivity index is 2.55. The highest BCUT2D eigenvalue weighted by molar-refractivity contribution is 9.09. The third-order valence-electron chi connectivity index (χ3n) is 2.59. The number of benzene rings is 1. The normalized spacial score (nSPS) is 10.5. The highest BCUT2D eigenvalue weighted by Gasteiger charge is 2.08. The van der Waals surface area contributed by atoms with E-state index in [1.807, 2.05) is 13.0 Å². The van der Waals surface area contributed by atoms with Gasteiger partial charge in [-0.3, -0.25) is 4.79 Å². The number of carbonyl (C=O) groups excluding carboxylic acids is 1. The quantitative estimate of drug-likeness (QED) is 0.647. The zero-order valence-corrected chi connectivity index (χ0v) is 12.7. The van der Waals surface area contributed by atoms with Crippen molar-refractivity contribution in [3.05, 3.63) is 29.3 Å². The summed E-state index contributed by atoms with van der Waals surface area (Å²) in [4.78, 5) is 11.0. The Kier molecular flexibility index (Phi) is 6.19. The maximum Gasteiger partial charge on any atom is 0.230 e. The van der Waals surface area contributed by atoms with Crippen molar-refractivity contribution < 1.29 is 9.53 Å². The minimum absolute atomic E-state index is 0.0214. The van der Waals surface area contributed by atoms with E-state index in [2.05, 4.69) is 47.2 Å². The van der Waals surface area contributed by atoms with Crippen LogP contribution in [0.25, 0.3) is 0 Å². The van der Waals surface area contributed by atoms with Crippen LogP contribution in [0.15, 0.2) is 18.2 Å². The molecule has 0 atom stereocenters. The molecule has 0 aromatic heterocycles. The van der Waals surface area contributed by atoms with Crippen LogP contribution in [0.5, 0.6) is 5.75 Å². The number of alkyl halides is 1. The molecule has 0 radical (unpaired) electrons. The van der Waals surface area contributed by atoms with Gasteiger partial charge in [-0.25, -0.2) is 0 Å². The zero-order chi connectivity index (χ0) is 13.5. The van der Waals surface area contributed by atoms with Gasteiger partial charge >= 0.3 is 0 Å². The van der Waals surface area contributed by atoms with Crippen molar-refractivity contribution in [2.45, 2.75) is 26.7 Å². The molecule has 18 heavy (non-hydrogen) atoms. The summed E-state index contributed by atoms with van der Waals surface area (Å²) in [6.45, 7) is 7.34. The first-order chi connectivity index (χ1) is 8.54. The predicted octanol–water partition coefficient (Wildman–Crippen LogP) is 3.01. The molecule has 1 N–H and O–H groups in total. The van der Waals surface area contributed by atoms with Crippen molar-refractivity contribution in [1.82, 2.24) is 5.32 Å². The highest BCUT2D eigenvalue weighted by Crippen LogP contribution is 2.27. The van der Waals surface area contributed by atoms with E-state index in [9.17, 15) is 4.79 Å². The zero-order valence-electron chi connectivity index (χ0n) is 11.1. The molecule has 0 fully saturated rings. The summed E-state index contributed by atoms with van der Waals surface area (Å²) in [6.07, 6.45) is 0. The summed E-state index contributed by atoms with van der Waals surface area (Å²) in [6, 6.07) is 6.24. The Morgan fingerprint density at radius 3 is 2.78 bits per heavy atom. The summed E-state index contributed by atoms with van der Waals surface area (Å²) in [5.41, 5.74) is 2.38. The number of aryl methyl sites for hydroxylation is 1. The average Bonchev–Trinajstić information content (AvgIpc) is 2.34. The second-order valence-corrected chi connectivity index (χ2v) is 5.09. The number of carbonyl (C=O) groups is 1. The number of amides is 1. The van der Waals surface area contributed by atoms with Crippen LogP contribution >= 0.6 is 15.9 Å². The van der Waals surface area contributed by atoms with Gasteiger partial charge in [-0.05, 0) is 30.0 Å². The number of nitrogens with one attached hydrogen (secondary N) is 1. The van der Waals surface area contributed by atoms with Gasteiger partial charge in [0.05, 0.1) is 11.9 Å². The van der Waals surface area contributed by atoms with Crippen LogP contribution in [0.2, 0.25) is 0 Å². The van der Waals surface area contributed by atoms with E-state index < -0.39 is 0 Å². The van der Waals surface area contributed by atoms with Gasteiger partial charge in [0.1, 0.15) is 12.4 Å². The van der Waals surface area contributed by atoms with Crippen LogP contribution in [-0.4, -0.2) is 24.4 Å². The third kappa shape index (κ3) is 4.69. The van der Waals surface area contributed by atoms with Gasteiger partial charge in [0.2, 0.25) is 5.91 Å². The molecule has 0 aliphatic carbocycles. The fraction of sp³-hybridized carbons (Fsp3) is 0.500. The Morgan fingerprint density at radius 1 is 1.44 bits per heavy atom. The number of ether oxygens (including phenoxy) is 1. The van der Waals surface area contributed by atoms with Crippen LogP contribution < -0.4 is 10.1 Å². The molecule has 0 heterocycles. The first-order valence-corrected chi connectivity index (χ1v) is 7.22. The molecular weight excluding hydrogens is 294 g/mol. The SMILES string of the molecule is Cc1ccc(C(C)C)c(OCCNC(=O)CBr)c1.